The van der Waals surface area contributed by atoms with Gasteiger partial charge in [-0.1, -0.05) is 35.5 Å². The molecule has 0 spiro atoms. The third-order valence-electron chi connectivity index (χ3n) is 3.87. The minimum Gasteiger partial charge on any atom is -0.336 e. The second-order valence-corrected chi connectivity index (χ2v) is 6.93. The second-order valence-electron chi connectivity index (χ2n) is 5.99. The lowest BCUT2D eigenvalue weighted by atomic mass is 10.2. The number of hydrogen-bond donors (Lipinski definition) is 1. The summed E-state index contributed by atoms with van der Waals surface area (Å²) in [5.74, 6) is -0.120. The number of carbonyl (C=O) groups excluding carboxylic acids is 2. The number of likely N-dealkylation sites (N-methyl/N-ethyl adjacent to an activating group) is 1. The van der Waals surface area contributed by atoms with Gasteiger partial charge in [0.1, 0.15) is 0 Å². The van der Waals surface area contributed by atoms with Crippen LogP contribution in [0.25, 0.3) is 5.52 Å². The van der Waals surface area contributed by atoms with Crippen LogP contribution in [0.3, 0.4) is 0 Å². The van der Waals surface area contributed by atoms with Crippen molar-refractivity contribution in [2.75, 3.05) is 24.7 Å². The Morgan fingerprint density at radius 2 is 1.96 bits per heavy atom. The summed E-state index contributed by atoms with van der Waals surface area (Å²) < 4.78 is 1.93. The van der Waals surface area contributed by atoms with Gasteiger partial charge in [0.2, 0.25) is 11.8 Å². The molecule has 0 fully saturated rings. The van der Waals surface area contributed by atoms with Gasteiger partial charge in [0.25, 0.3) is 0 Å². The van der Waals surface area contributed by atoms with E-state index in [2.05, 4.69) is 10.3 Å². The van der Waals surface area contributed by atoms with Crippen molar-refractivity contribution in [3.63, 3.8) is 0 Å². The molecule has 134 valence electrons. The number of rotatable bonds is 6. The minimum atomic E-state index is -0.221. The van der Waals surface area contributed by atoms with Crippen LogP contribution in [0.4, 0.5) is 5.69 Å². The lowest BCUT2D eigenvalue weighted by molar-refractivity contribution is -0.131. The van der Waals surface area contributed by atoms with Crippen molar-refractivity contribution >= 4 is 34.8 Å². The zero-order chi connectivity index (χ0) is 18.5. The number of nitrogens with zero attached hydrogens (tertiary/aromatic N) is 3. The second kappa shape index (κ2) is 8.05. The SMILES string of the molecule is Cc1ccc(NC(=O)CN(C)C(=O)CSc2ncc3ccccn23)cc1. The maximum absolute atomic E-state index is 12.3. The van der Waals surface area contributed by atoms with Gasteiger partial charge in [0.05, 0.1) is 24.0 Å². The number of anilines is 1. The predicted molar refractivity (Wildman–Crippen MR) is 103 cm³/mol. The third-order valence-corrected chi connectivity index (χ3v) is 4.82. The highest BCUT2D eigenvalue weighted by Gasteiger charge is 2.15. The average Bonchev–Trinajstić information content (AvgIpc) is 3.04. The van der Waals surface area contributed by atoms with Crippen molar-refractivity contribution in [3.05, 3.63) is 60.4 Å². The standard InChI is InChI=1S/C19H20N4O2S/c1-14-6-8-15(9-7-14)21-17(24)12-22(2)18(25)13-26-19-20-11-16-5-3-4-10-23(16)19/h3-11H,12-13H2,1-2H3,(H,21,24). The van der Waals surface area contributed by atoms with Crippen LogP contribution in [0.2, 0.25) is 0 Å². The number of thioether (sulfide) groups is 1. The first-order valence-corrected chi connectivity index (χ1v) is 9.17. The smallest absolute Gasteiger partial charge is 0.243 e. The zero-order valence-corrected chi connectivity index (χ0v) is 15.5. The van der Waals surface area contributed by atoms with Crippen molar-refractivity contribution < 1.29 is 9.59 Å². The average molecular weight is 368 g/mol. The summed E-state index contributed by atoms with van der Waals surface area (Å²) in [4.78, 5) is 30.1. The van der Waals surface area contributed by atoms with Gasteiger partial charge in [-0.3, -0.25) is 14.0 Å². The molecule has 0 saturated heterocycles. The Kier molecular flexibility index (Phi) is 5.58. The fourth-order valence-electron chi connectivity index (χ4n) is 2.40. The normalized spacial score (nSPS) is 10.7. The van der Waals surface area contributed by atoms with Crippen LogP contribution in [0, 0.1) is 6.92 Å². The fraction of sp³-hybridized carbons (Fsp3) is 0.211. The quantitative estimate of drug-likeness (QED) is 0.680. The van der Waals surface area contributed by atoms with E-state index in [1.807, 2.05) is 60.0 Å². The van der Waals surface area contributed by atoms with E-state index >= 15 is 0 Å². The van der Waals surface area contributed by atoms with E-state index in [-0.39, 0.29) is 24.1 Å². The van der Waals surface area contributed by atoms with E-state index < -0.39 is 0 Å². The molecule has 3 rings (SSSR count). The van der Waals surface area contributed by atoms with Gasteiger partial charge >= 0.3 is 0 Å². The van der Waals surface area contributed by atoms with Gasteiger partial charge in [0.15, 0.2) is 5.16 Å². The number of carbonyl (C=O) groups is 2. The van der Waals surface area contributed by atoms with Gasteiger partial charge in [-0.2, -0.15) is 0 Å². The summed E-state index contributed by atoms with van der Waals surface area (Å²) in [6, 6.07) is 13.4. The van der Waals surface area contributed by atoms with Crippen molar-refractivity contribution in [1.29, 1.82) is 0 Å². The molecule has 2 aromatic heterocycles. The van der Waals surface area contributed by atoms with Crippen molar-refractivity contribution in [2.45, 2.75) is 12.1 Å². The summed E-state index contributed by atoms with van der Waals surface area (Å²) >= 11 is 1.35. The van der Waals surface area contributed by atoms with Crippen LogP contribution in [-0.4, -0.2) is 45.4 Å². The van der Waals surface area contributed by atoms with E-state index in [1.165, 1.54) is 16.7 Å². The maximum Gasteiger partial charge on any atom is 0.243 e. The number of hydrogen-bond acceptors (Lipinski definition) is 4. The van der Waals surface area contributed by atoms with Crippen LogP contribution in [0.5, 0.6) is 0 Å². The van der Waals surface area contributed by atoms with Crippen LogP contribution in [0.1, 0.15) is 5.56 Å². The van der Waals surface area contributed by atoms with Gasteiger partial charge in [-0.15, -0.1) is 0 Å². The molecule has 3 aromatic rings. The van der Waals surface area contributed by atoms with Gasteiger partial charge in [-0.25, -0.2) is 4.98 Å². The number of aromatic nitrogens is 2. The molecule has 0 aliphatic heterocycles. The Labute approximate surface area is 156 Å². The number of pyridine rings is 1. The summed E-state index contributed by atoms with van der Waals surface area (Å²) in [5, 5.41) is 3.55. The molecule has 2 heterocycles. The molecule has 0 radical (unpaired) electrons. The topological polar surface area (TPSA) is 66.7 Å². The minimum absolute atomic E-state index is 0.00952. The highest BCUT2D eigenvalue weighted by molar-refractivity contribution is 7.99. The molecule has 7 heteroatoms. The molecule has 26 heavy (non-hydrogen) atoms. The number of benzene rings is 1. The molecule has 0 atom stereocenters. The number of imidazole rings is 1. The summed E-state index contributed by atoms with van der Waals surface area (Å²) in [7, 11) is 1.63. The third kappa shape index (κ3) is 4.43. The molecule has 0 saturated carbocycles. The molecule has 0 bridgehead atoms. The van der Waals surface area contributed by atoms with Crippen LogP contribution in [-0.2, 0) is 9.59 Å². The van der Waals surface area contributed by atoms with Gasteiger partial charge in [-0.05, 0) is 31.2 Å². The Bertz CT molecular complexity index is 921. The highest BCUT2D eigenvalue weighted by atomic mass is 32.2. The van der Waals surface area contributed by atoms with E-state index in [0.29, 0.717) is 0 Å². The highest BCUT2D eigenvalue weighted by Crippen LogP contribution is 2.18. The molecule has 6 nitrogen and oxygen atoms in total. The molecule has 1 N–H and O–H groups in total. The molecule has 2 amide bonds. The van der Waals surface area contributed by atoms with Gasteiger partial charge < -0.3 is 10.2 Å². The fourth-order valence-corrected chi connectivity index (χ4v) is 3.31. The lowest BCUT2D eigenvalue weighted by Crippen LogP contribution is -2.36. The first kappa shape index (κ1) is 18.0. The number of aryl methyl sites for hydroxylation is 1. The molecule has 1 aromatic carbocycles. The number of amides is 2. The largest absolute Gasteiger partial charge is 0.336 e. The van der Waals surface area contributed by atoms with E-state index in [4.69, 9.17) is 0 Å². The number of nitrogens with one attached hydrogen (secondary N) is 1. The Morgan fingerprint density at radius 1 is 1.19 bits per heavy atom. The van der Waals surface area contributed by atoms with Crippen LogP contribution in [0.15, 0.2) is 60.0 Å². The molecule has 0 aliphatic rings. The summed E-state index contributed by atoms with van der Waals surface area (Å²) in [6.07, 6.45) is 3.68. The summed E-state index contributed by atoms with van der Waals surface area (Å²) in [6.45, 7) is 1.99. The van der Waals surface area contributed by atoms with E-state index in [0.717, 1.165) is 21.9 Å². The lowest BCUT2D eigenvalue weighted by Gasteiger charge is -2.16. The number of fused-ring (bicyclic) bond motifs is 1. The Morgan fingerprint density at radius 3 is 2.73 bits per heavy atom. The Balaban J connectivity index is 1.51. The summed E-state index contributed by atoms with van der Waals surface area (Å²) in [5.41, 5.74) is 2.83. The van der Waals surface area contributed by atoms with Crippen molar-refractivity contribution in [2.24, 2.45) is 0 Å². The first-order chi connectivity index (χ1) is 12.5. The monoisotopic (exact) mass is 368 g/mol. The molecule has 0 aliphatic carbocycles. The van der Waals surface area contributed by atoms with E-state index in [9.17, 15) is 9.59 Å². The predicted octanol–water partition coefficient (Wildman–Crippen LogP) is 2.83. The maximum atomic E-state index is 12.3. The van der Waals surface area contributed by atoms with Crippen LogP contribution >= 0.6 is 11.8 Å². The zero-order valence-electron chi connectivity index (χ0n) is 14.7. The van der Waals surface area contributed by atoms with Crippen LogP contribution < -0.4 is 5.32 Å². The molecular weight excluding hydrogens is 348 g/mol. The Hall–Kier alpha value is -2.80. The van der Waals surface area contributed by atoms with Crippen molar-refractivity contribution in [3.8, 4) is 0 Å². The molecular formula is C19H20N4O2S. The van der Waals surface area contributed by atoms with Gasteiger partial charge in [0, 0.05) is 18.9 Å². The molecule has 0 unspecified atom stereocenters. The first-order valence-electron chi connectivity index (χ1n) is 8.18. The van der Waals surface area contributed by atoms with Crippen molar-refractivity contribution in [1.82, 2.24) is 14.3 Å². The van der Waals surface area contributed by atoms with E-state index in [1.54, 1.807) is 13.2 Å².